The number of hydrogen-bond donors (Lipinski definition) is 8. The van der Waals surface area contributed by atoms with Crippen molar-refractivity contribution in [3.63, 3.8) is 0 Å². The average Bonchev–Trinajstić information content (AvgIpc) is 2.55. The Balaban J connectivity index is 2.11. The van der Waals surface area contributed by atoms with Crippen LogP contribution in [0.3, 0.4) is 0 Å². The van der Waals surface area contributed by atoms with Gasteiger partial charge in [0.25, 0.3) is 0 Å². The Morgan fingerprint density at radius 2 is 1.26 bits per heavy atom. The molecule has 0 aromatic heterocycles. The molecule has 6 unspecified atom stereocenters. The fourth-order valence-corrected chi connectivity index (χ4v) is 2.57. The van der Waals surface area contributed by atoms with Crippen LogP contribution in [0.25, 0.3) is 0 Å². The SMILES string of the molecule is OCC1O[C@H](O[C@H]2C(CO)O[C@H](O)C(O)C2O)C(O)C(O)[C@@H]1O. The summed E-state index contributed by atoms with van der Waals surface area (Å²) in [7, 11) is 0. The van der Waals surface area contributed by atoms with Gasteiger partial charge in [-0.2, -0.15) is 0 Å². The minimum absolute atomic E-state index is 0.667. The lowest BCUT2D eigenvalue weighted by atomic mass is 9.97. The normalized spacial score (nSPS) is 51.7. The largest absolute Gasteiger partial charge is 0.394 e. The van der Waals surface area contributed by atoms with Crippen LogP contribution in [-0.4, -0.2) is 115 Å². The summed E-state index contributed by atoms with van der Waals surface area (Å²) in [5.74, 6) is 0. The van der Waals surface area contributed by atoms with E-state index in [2.05, 4.69) is 0 Å². The molecule has 0 saturated carbocycles. The van der Waals surface area contributed by atoms with E-state index in [1.54, 1.807) is 0 Å². The zero-order valence-electron chi connectivity index (χ0n) is 12.0. The van der Waals surface area contributed by atoms with Crippen LogP contribution in [0.1, 0.15) is 0 Å². The van der Waals surface area contributed by atoms with E-state index in [0.717, 1.165) is 0 Å². The van der Waals surface area contributed by atoms with Crippen LogP contribution in [0.15, 0.2) is 0 Å². The van der Waals surface area contributed by atoms with Gasteiger partial charge < -0.3 is 55.1 Å². The Kier molecular flexibility index (Phi) is 6.27. The summed E-state index contributed by atoms with van der Waals surface area (Å²) in [6.45, 7) is -1.35. The summed E-state index contributed by atoms with van der Waals surface area (Å²) in [4.78, 5) is 0. The maximum Gasteiger partial charge on any atom is 0.187 e. The van der Waals surface area contributed by atoms with Crippen LogP contribution in [-0.2, 0) is 14.2 Å². The van der Waals surface area contributed by atoms with Gasteiger partial charge in [-0.1, -0.05) is 0 Å². The topological polar surface area (TPSA) is 190 Å². The second-order valence-electron chi connectivity index (χ2n) is 5.53. The number of aliphatic hydroxyl groups is 8. The third-order valence-corrected chi connectivity index (χ3v) is 3.98. The van der Waals surface area contributed by atoms with Gasteiger partial charge in [0.15, 0.2) is 12.6 Å². The molecule has 0 amide bonds. The number of aliphatic hydroxyl groups excluding tert-OH is 8. The van der Waals surface area contributed by atoms with E-state index in [1.165, 1.54) is 0 Å². The fraction of sp³-hybridized carbons (Fsp3) is 1.00. The minimum Gasteiger partial charge on any atom is -0.394 e. The summed E-state index contributed by atoms with van der Waals surface area (Å²) in [5.41, 5.74) is 0. The van der Waals surface area contributed by atoms with Gasteiger partial charge in [-0.05, 0) is 0 Å². The Labute approximate surface area is 130 Å². The predicted molar refractivity (Wildman–Crippen MR) is 68.6 cm³/mol. The number of ether oxygens (including phenoxy) is 3. The summed E-state index contributed by atoms with van der Waals surface area (Å²) in [5, 5.41) is 76.5. The molecule has 0 radical (unpaired) electrons. The first-order valence-electron chi connectivity index (χ1n) is 7.08. The van der Waals surface area contributed by atoms with Gasteiger partial charge in [-0.3, -0.25) is 0 Å². The first-order valence-corrected chi connectivity index (χ1v) is 7.08. The summed E-state index contributed by atoms with van der Waals surface area (Å²) >= 11 is 0. The highest BCUT2D eigenvalue weighted by Gasteiger charge is 2.50. The highest BCUT2D eigenvalue weighted by atomic mass is 16.7. The van der Waals surface area contributed by atoms with Crippen molar-refractivity contribution in [2.45, 2.75) is 61.4 Å². The van der Waals surface area contributed by atoms with E-state index in [1.807, 2.05) is 0 Å². The lowest BCUT2D eigenvalue weighted by Gasteiger charge is -2.45. The standard InChI is InChI=1S/C12H22O11/c13-1-3-5(15)6(16)9(19)12(22-3)23-10-4(2-14)21-11(20)8(18)7(10)17/h3-20H,1-2H2/t3?,4?,5-,6?,7?,8?,9?,10+,11+,12-/m1/s1. The van der Waals surface area contributed by atoms with E-state index >= 15 is 0 Å². The molecule has 2 aliphatic rings. The smallest absolute Gasteiger partial charge is 0.187 e. The van der Waals surface area contributed by atoms with Crippen LogP contribution < -0.4 is 0 Å². The van der Waals surface area contributed by atoms with Gasteiger partial charge in [-0.15, -0.1) is 0 Å². The molecule has 0 spiro atoms. The molecule has 136 valence electrons. The molecule has 11 heteroatoms. The van der Waals surface area contributed by atoms with Gasteiger partial charge in [0.1, 0.15) is 48.8 Å². The van der Waals surface area contributed by atoms with Crippen LogP contribution in [0.5, 0.6) is 0 Å². The van der Waals surface area contributed by atoms with Crippen LogP contribution in [0.4, 0.5) is 0 Å². The molecule has 0 bridgehead atoms. The summed E-state index contributed by atoms with van der Waals surface area (Å²) in [6, 6.07) is 0. The summed E-state index contributed by atoms with van der Waals surface area (Å²) < 4.78 is 15.3. The van der Waals surface area contributed by atoms with Gasteiger partial charge >= 0.3 is 0 Å². The molecule has 0 aromatic carbocycles. The van der Waals surface area contributed by atoms with Gasteiger partial charge in [0.2, 0.25) is 0 Å². The molecule has 2 heterocycles. The number of rotatable bonds is 4. The van der Waals surface area contributed by atoms with Crippen molar-refractivity contribution >= 4 is 0 Å². The van der Waals surface area contributed by atoms with E-state index in [-0.39, 0.29) is 0 Å². The van der Waals surface area contributed by atoms with E-state index < -0.39 is 74.6 Å². The summed E-state index contributed by atoms with van der Waals surface area (Å²) in [6.07, 6.45) is -15.6. The van der Waals surface area contributed by atoms with Crippen LogP contribution in [0.2, 0.25) is 0 Å². The monoisotopic (exact) mass is 342 g/mol. The molecule has 2 rings (SSSR count). The molecule has 2 aliphatic heterocycles. The lowest BCUT2D eigenvalue weighted by Crippen LogP contribution is -2.64. The van der Waals surface area contributed by atoms with Crippen molar-refractivity contribution < 1.29 is 55.1 Å². The highest BCUT2D eigenvalue weighted by molar-refractivity contribution is 4.93. The fourth-order valence-electron chi connectivity index (χ4n) is 2.57. The van der Waals surface area contributed by atoms with Crippen molar-refractivity contribution in [2.24, 2.45) is 0 Å². The molecule has 8 N–H and O–H groups in total. The third kappa shape index (κ3) is 3.65. The van der Waals surface area contributed by atoms with Crippen molar-refractivity contribution in [3.8, 4) is 0 Å². The van der Waals surface area contributed by atoms with Crippen molar-refractivity contribution in [1.29, 1.82) is 0 Å². The van der Waals surface area contributed by atoms with Crippen molar-refractivity contribution in [1.82, 2.24) is 0 Å². The second kappa shape index (κ2) is 7.63. The molecule has 10 atom stereocenters. The van der Waals surface area contributed by atoms with E-state index in [0.29, 0.717) is 0 Å². The van der Waals surface area contributed by atoms with E-state index in [4.69, 9.17) is 19.3 Å². The molecule has 11 nitrogen and oxygen atoms in total. The predicted octanol–water partition coefficient (Wildman–Crippen LogP) is -5.40. The molecular weight excluding hydrogens is 320 g/mol. The van der Waals surface area contributed by atoms with Crippen LogP contribution >= 0.6 is 0 Å². The first-order chi connectivity index (χ1) is 10.8. The number of hydrogen-bond acceptors (Lipinski definition) is 11. The Morgan fingerprint density at radius 1 is 0.652 bits per heavy atom. The van der Waals surface area contributed by atoms with Crippen molar-refractivity contribution in [3.05, 3.63) is 0 Å². The van der Waals surface area contributed by atoms with E-state index in [9.17, 15) is 35.7 Å². The zero-order valence-corrected chi connectivity index (χ0v) is 12.0. The maximum absolute atomic E-state index is 9.94. The average molecular weight is 342 g/mol. The molecule has 0 aromatic rings. The van der Waals surface area contributed by atoms with Crippen molar-refractivity contribution in [2.75, 3.05) is 13.2 Å². The lowest BCUT2D eigenvalue weighted by molar-refractivity contribution is -0.355. The molecule has 2 fully saturated rings. The quantitative estimate of drug-likeness (QED) is 0.243. The second-order valence-corrected chi connectivity index (χ2v) is 5.53. The van der Waals surface area contributed by atoms with Gasteiger partial charge in [0.05, 0.1) is 13.2 Å². The minimum atomic E-state index is -1.74. The molecule has 2 saturated heterocycles. The van der Waals surface area contributed by atoms with Gasteiger partial charge in [-0.25, -0.2) is 0 Å². The Hall–Kier alpha value is -0.440. The third-order valence-electron chi connectivity index (χ3n) is 3.98. The first kappa shape index (κ1) is 18.9. The molecular formula is C12H22O11. The maximum atomic E-state index is 9.94. The highest BCUT2D eigenvalue weighted by Crippen LogP contribution is 2.28. The zero-order chi connectivity index (χ0) is 17.3. The molecule has 23 heavy (non-hydrogen) atoms. The van der Waals surface area contributed by atoms with Gasteiger partial charge in [0, 0.05) is 0 Å². The molecule has 0 aliphatic carbocycles. The Bertz CT molecular complexity index is 378. The van der Waals surface area contributed by atoms with Crippen LogP contribution in [0, 0.1) is 0 Å². The Morgan fingerprint density at radius 3 is 1.83 bits per heavy atom.